The lowest BCUT2D eigenvalue weighted by Gasteiger charge is -2.27. The van der Waals surface area contributed by atoms with Crippen molar-refractivity contribution >= 4 is 23.2 Å². The van der Waals surface area contributed by atoms with E-state index in [9.17, 15) is 9.59 Å². The topological polar surface area (TPSA) is 80.1 Å². The number of aromatic nitrogens is 3. The molecule has 3 aliphatic rings. The largest absolute Gasteiger partial charge is 0.347 e. The van der Waals surface area contributed by atoms with Crippen molar-refractivity contribution in [2.75, 3.05) is 13.1 Å². The molecule has 160 valence electrons. The molecule has 0 unspecified atom stereocenters. The minimum Gasteiger partial charge on any atom is -0.347 e. The molecule has 1 saturated heterocycles. The normalized spacial score (nSPS) is 24.6. The Kier molecular flexibility index (Phi) is 5.35. The fourth-order valence-electron chi connectivity index (χ4n) is 5.36. The number of hydrogen-bond donors (Lipinski definition) is 1. The second kappa shape index (κ2) is 8.13. The van der Waals surface area contributed by atoms with Crippen LogP contribution in [-0.2, 0) is 13.0 Å². The average Bonchev–Trinajstić information content (AvgIpc) is 3.49. The Morgan fingerprint density at radius 1 is 1.10 bits per heavy atom. The van der Waals surface area contributed by atoms with Gasteiger partial charge in [0, 0.05) is 37.5 Å². The summed E-state index contributed by atoms with van der Waals surface area (Å²) in [5.74, 6) is 1.42. The highest BCUT2D eigenvalue weighted by molar-refractivity contribution is 7.08. The van der Waals surface area contributed by atoms with Crippen LogP contribution in [-0.4, -0.2) is 50.6 Å². The van der Waals surface area contributed by atoms with Crippen LogP contribution in [0.4, 0.5) is 0 Å². The Morgan fingerprint density at radius 3 is 2.73 bits per heavy atom. The van der Waals surface area contributed by atoms with Crippen LogP contribution in [0.2, 0.25) is 0 Å². The van der Waals surface area contributed by atoms with Gasteiger partial charge in [-0.2, -0.15) is 11.3 Å². The van der Waals surface area contributed by atoms with Gasteiger partial charge in [0.2, 0.25) is 5.82 Å². The van der Waals surface area contributed by atoms with Gasteiger partial charge in [-0.1, -0.05) is 19.3 Å². The summed E-state index contributed by atoms with van der Waals surface area (Å²) in [6, 6.07) is 2.17. The summed E-state index contributed by atoms with van der Waals surface area (Å²) in [7, 11) is 0. The van der Waals surface area contributed by atoms with E-state index in [0.29, 0.717) is 5.82 Å². The summed E-state index contributed by atoms with van der Waals surface area (Å²) in [4.78, 5) is 27.6. The molecule has 1 aliphatic carbocycles. The van der Waals surface area contributed by atoms with E-state index in [1.54, 1.807) is 11.3 Å². The Balaban J connectivity index is 1.25. The molecule has 0 bridgehead atoms. The molecule has 0 radical (unpaired) electrons. The standard InChI is InChI=1S/C22H29N5O2S/c28-20(23-17-4-2-1-3-5-17)19-25-24-18-6-8-22(10-12-27(18)19)9-11-26(15-22)21(29)16-7-13-30-14-16/h7,13-14,17H,1-6,8-12,15H2,(H,23,28)/t22-/m1/s1. The summed E-state index contributed by atoms with van der Waals surface area (Å²) in [6.45, 7) is 2.35. The third-order valence-corrected chi connectivity index (χ3v) is 7.89. The molecule has 2 amide bonds. The first-order valence-corrected chi connectivity index (χ1v) is 12.1. The van der Waals surface area contributed by atoms with E-state index in [-0.39, 0.29) is 23.3 Å². The number of aryl methyl sites for hydroxylation is 1. The number of fused-ring (bicyclic) bond motifs is 1. The van der Waals surface area contributed by atoms with Crippen LogP contribution < -0.4 is 5.32 Å². The molecule has 30 heavy (non-hydrogen) atoms. The molecule has 1 atom stereocenters. The van der Waals surface area contributed by atoms with Crippen LogP contribution in [0.3, 0.4) is 0 Å². The number of nitrogens with zero attached hydrogens (tertiary/aromatic N) is 4. The van der Waals surface area contributed by atoms with Gasteiger partial charge in [-0.15, -0.1) is 10.2 Å². The predicted octanol–water partition coefficient (Wildman–Crippen LogP) is 3.27. The minimum absolute atomic E-state index is 0.0858. The summed E-state index contributed by atoms with van der Waals surface area (Å²) >= 11 is 1.56. The smallest absolute Gasteiger partial charge is 0.289 e. The lowest BCUT2D eigenvalue weighted by molar-refractivity contribution is 0.0767. The zero-order chi connectivity index (χ0) is 20.6. The van der Waals surface area contributed by atoms with Crippen LogP contribution in [0.15, 0.2) is 16.8 Å². The van der Waals surface area contributed by atoms with E-state index >= 15 is 0 Å². The van der Waals surface area contributed by atoms with Crippen LogP contribution in [0.25, 0.3) is 0 Å². The van der Waals surface area contributed by atoms with E-state index in [0.717, 1.165) is 69.5 Å². The highest BCUT2D eigenvalue weighted by Gasteiger charge is 2.41. The van der Waals surface area contributed by atoms with Gasteiger partial charge in [-0.3, -0.25) is 9.59 Å². The molecule has 2 aliphatic heterocycles. The first kappa shape index (κ1) is 19.7. The lowest BCUT2D eigenvalue weighted by atomic mass is 9.80. The maximum absolute atomic E-state index is 12.9. The molecular weight excluding hydrogens is 398 g/mol. The maximum Gasteiger partial charge on any atom is 0.289 e. The van der Waals surface area contributed by atoms with Gasteiger partial charge in [0.1, 0.15) is 5.82 Å². The van der Waals surface area contributed by atoms with Gasteiger partial charge in [0.25, 0.3) is 11.8 Å². The van der Waals surface area contributed by atoms with Crippen LogP contribution in [0, 0.1) is 5.41 Å². The number of nitrogens with one attached hydrogen (secondary N) is 1. The molecule has 1 N–H and O–H groups in total. The predicted molar refractivity (Wildman–Crippen MR) is 115 cm³/mol. The van der Waals surface area contributed by atoms with Crippen LogP contribution in [0.1, 0.15) is 78.2 Å². The molecule has 1 saturated carbocycles. The highest BCUT2D eigenvalue weighted by Crippen LogP contribution is 2.41. The molecule has 4 heterocycles. The van der Waals surface area contributed by atoms with Crippen molar-refractivity contribution in [1.82, 2.24) is 25.0 Å². The SMILES string of the molecule is O=C(NC1CCCCC1)c1nnc2n1CC[C@@]1(CC2)CCN(C(=O)c2ccsc2)C1. The maximum atomic E-state index is 12.9. The molecule has 2 fully saturated rings. The van der Waals surface area contributed by atoms with Crippen molar-refractivity contribution in [3.8, 4) is 0 Å². The third kappa shape index (κ3) is 3.77. The zero-order valence-corrected chi connectivity index (χ0v) is 18.1. The molecule has 8 heteroatoms. The van der Waals surface area contributed by atoms with Crippen molar-refractivity contribution in [1.29, 1.82) is 0 Å². The zero-order valence-electron chi connectivity index (χ0n) is 17.3. The number of amides is 2. The van der Waals surface area contributed by atoms with E-state index in [4.69, 9.17) is 0 Å². The Hall–Kier alpha value is -2.22. The molecule has 2 aromatic rings. The van der Waals surface area contributed by atoms with Crippen molar-refractivity contribution in [3.63, 3.8) is 0 Å². The fourth-order valence-corrected chi connectivity index (χ4v) is 5.99. The molecule has 7 nitrogen and oxygen atoms in total. The lowest BCUT2D eigenvalue weighted by Crippen LogP contribution is -2.37. The van der Waals surface area contributed by atoms with Crippen molar-refractivity contribution in [2.45, 2.75) is 70.4 Å². The van der Waals surface area contributed by atoms with Gasteiger partial charge in [0.15, 0.2) is 0 Å². The number of rotatable bonds is 3. The Bertz CT molecular complexity index is 918. The van der Waals surface area contributed by atoms with Gasteiger partial charge in [-0.05, 0) is 49.0 Å². The minimum atomic E-state index is -0.0858. The Morgan fingerprint density at radius 2 is 1.93 bits per heavy atom. The van der Waals surface area contributed by atoms with Gasteiger partial charge < -0.3 is 14.8 Å². The quantitative estimate of drug-likeness (QED) is 0.815. The van der Waals surface area contributed by atoms with Gasteiger partial charge >= 0.3 is 0 Å². The summed E-state index contributed by atoms with van der Waals surface area (Å²) in [5.41, 5.74) is 0.910. The second-order valence-corrected chi connectivity index (χ2v) is 9.92. The first-order valence-electron chi connectivity index (χ1n) is 11.2. The van der Waals surface area contributed by atoms with Crippen molar-refractivity contribution in [2.24, 2.45) is 5.41 Å². The highest BCUT2D eigenvalue weighted by atomic mass is 32.1. The fraction of sp³-hybridized carbons (Fsp3) is 0.636. The summed E-state index contributed by atoms with van der Waals surface area (Å²) in [5, 5.41) is 15.6. The number of carbonyl (C=O) groups is 2. The number of likely N-dealkylation sites (tertiary alicyclic amines) is 1. The van der Waals surface area contributed by atoms with E-state index in [1.807, 2.05) is 26.3 Å². The Labute approximate surface area is 180 Å². The molecular formula is C22H29N5O2S. The van der Waals surface area contributed by atoms with Crippen LogP contribution in [0.5, 0.6) is 0 Å². The van der Waals surface area contributed by atoms with E-state index in [1.165, 1.54) is 19.3 Å². The number of hydrogen-bond acceptors (Lipinski definition) is 5. The first-order chi connectivity index (χ1) is 14.6. The average molecular weight is 428 g/mol. The molecule has 1 spiro atoms. The summed E-state index contributed by atoms with van der Waals surface area (Å²) in [6.07, 6.45) is 9.53. The van der Waals surface area contributed by atoms with Gasteiger partial charge in [0.05, 0.1) is 5.56 Å². The summed E-state index contributed by atoms with van der Waals surface area (Å²) < 4.78 is 2.02. The van der Waals surface area contributed by atoms with Crippen LogP contribution >= 0.6 is 11.3 Å². The number of carbonyl (C=O) groups excluding carboxylic acids is 2. The molecule has 2 aromatic heterocycles. The van der Waals surface area contributed by atoms with Crippen molar-refractivity contribution < 1.29 is 9.59 Å². The molecule has 5 rings (SSSR count). The number of thiophene rings is 1. The van der Waals surface area contributed by atoms with Crippen molar-refractivity contribution in [3.05, 3.63) is 34.0 Å². The van der Waals surface area contributed by atoms with E-state index in [2.05, 4.69) is 15.5 Å². The second-order valence-electron chi connectivity index (χ2n) is 9.14. The third-order valence-electron chi connectivity index (χ3n) is 7.21. The van der Waals surface area contributed by atoms with Gasteiger partial charge in [-0.25, -0.2) is 0 Å². The van der Waals surface area contributed by atoms with E-state index < -0.39 is 0 Å². The monoisotopic (exact) mass is 427 g/mol. The molecule has 0 aromatic carbocycles.